The Balaban J connectivity index is 1.39. The fourth-order valence-corrected chi connectivity index (χ4v) is 3.62. The topological polar surface area (TPSA) is 82.3 Å². The third-order valence-corrected chi connectivity index (χ3v) is 5.23. The predicted molar refractivity (Wildman–Crippen MR) is 124 cm³/mol. The molecule has 0 aliphatic rings. The molecule has 9 heteroatoms. The first kappa shape index (κ1) is 21.7. The van der Waals surface area contributed by atoms with Crippen LogP contribution in [0.25, 0.3) is 33.4 Å². The zero-order valence-electron chi connectivity index (χ0n) is 18.2. The Morgan fingerprint density at radius 3 is 2.65 bits per heavy atom. The van der Waals surface area contributed by atoms with E-state index in [1.54, 1.807) is 37.9 Å². The number of aromatic nitrogens is 3. The second-order valence-electron chi connectivity index (χ2n) is 7.55. The smallest absolute Gasteiger partial charge is 0.152 e. The summed E-state index contributed by atoms with van der Waals surface area (Å²) < 4.78 is 43.6. The van der Waals surface area contributed by atoms with Gasteiger partial charge in [-0.15, -0.1) is 0 Å². The lowest BCUT2D eigenvalue weighted by Gasteiger charge is -2.10. The number of fused-ring (bicyclic) bond motifs is 2. The first-order valence-electron chi connectivity index (χ1n) is 10.5. The van der Waals surface area contributed by atoms with Crippen molar-refractivity contribution in [3.63, 3.8) is 0 Å². The first-order valence-corrected chi connectivity index (χ1v) is 10.5. The Hall–Kier alpha value is -4.11. The molecule has 5 aromatic rings. The molecular weight excluding hydrogens is 442 g/mol. The van der Waals surface area contributed by atoms with Crippen molar-refractivity contribution >= 4 is 27.8 Å². The number of hydrogen-bond donors (Lipinski definition) is 1. The maximum Gasteiger partial charge on any atom is 0.152 e. The third kappa shape index (κ3) is 4.51. The van der Waals surface area contributed by atoms with Gasteiger partial charge in [0.25, 0.3) is 0 Å². The Kier molecular flexibility index (Phi) is 6.01. The Morgan fingerprint density at radius 1 is 0.971 bits per heavy atom. The Bertz CT molecular complexity index is 1450. The van der Waals surface area contributed by atoms with Gasteiger partial charge in [-0.3, -0.25) is 4.98 Å². The monoisotopic (exact) mass is 462 g/mol. The summed E-state index contributed by atoms with van der Waals surface area (Å²) in [6.45, 7) is 1.30. The number of furan rings is 1. The van der Waals surface area contributed by atoms with Crippen LogP contribution in [-0.4, -0.2) is 35.3 Å². The summed E-state index contributed by atoms with van der Waals surface area (Å²) >= 11 is 0. The van der Waals surface area contributed by atoms with E-state index in [1.165, 1.54) is 12.1 Å². The Morgan fingerprint density at radius 2 is 1.82 bits per heavy atom. The molecular formula is C25H20F2N4O3. The van der Waals surface area contributed by atoms with Gasteiger partial charge in [-0.25, -0.2) is 18.7 Å². The number of pyridine rings is 3. The van der Waals surface area contributed by atoms with E-state index in [2.05, 4.69) is 20.3 Å². The van der Waals surface area contributed by atoms with Crippen molar-refractivity contribution in [1.82, 2.24) is 15.0 Å². The van der Waals surface area contributed by atoms with Crippen molar-refractivity contribution in [3.8, 4) is 17.0 Å². The molecule has 4 aromatic heterocycles. The lowest BCUT2D eigenvalue weighted by molar-refractivity contribution is 0.146. The summed E-state index contributed by atoms with van der Waals surface area (Å²) in [6, 6.07) is 10.4. The quantitative estimate of drug-likeness (QED) is 0.311. The molecule has 1 N–H and O–H groups in total. The maximum atomic E-state index is 13.7. The van der Waals surface area contributed by atoms with E-state index in [-0.39, 0.29) is 0 Å². The van der Waals surface area contributed by atoms with Crippen LogP contribution in [0.4, 0.5) is 14.5 Å². The number of rotatable bonds is 8. The van der Waals surface area contributed by atoms with Crippen LogP contribution in [0, 0.1) is 11.6 Å². The van der Waals surface area contributed by atoms with E-state index in [0.717, 1.165) is 17.3 Å². The molecule has 0 aliphatic carbocycles. The van der Waals surface area contributed by atoms with Gasteiger partial charge in [0.15, 0.2) is 5.58 Å². The van der Waals surface area contributed by atoms with Crippen molar-refractivity contribution < 1.29 is 22.7 Å². The lowest BCUT2D eigenvalue weighted by Crippen LogP contribution is -2.05. The van der Waals surface area contributed by atoms with Crippen LogP contribution in [0.3, 0.4) is 0 Å². The largest absolute Gasteiger partial charge is 0.489 e. The summed E-state index contributed by atoms with van der Waals surface area (Å²) in [4.78, 5) is 13.5. The summed E-state index contributed by atoms with van der Waals surface area (Å²) in [7, 11) is 1.61. The summed E-state index contributed by atoms with van der Waals surface area (Å²) in [6.07, 6.45) is 4.94. The molecule has 172 valence electrons. The van der Waals surface area contributed by atoms with Gasteiger partial charge in [0.2, 0.25) is 0 Å². The molecule has 0 aliphatic heterocycles. The molecule has 0 fully saturated rings. The van der Waals surface area contributed by atoms with Crippen molar-refractivity contribution in [2.45, 2.75) is 6.54 Å². The number of halogens is 2. The highest BCUT2D eigenvalue weighted by atomic mass is 19.1. The normalized spacial score (nSPS) is 11.3. The van der Waals surface area contributed by atoms with Crippen LogP contribution in [-0.2, 0) is 11.3 Å². The molecule has 0 bridgehead atoms. The fourth-order valence-electron chi connectivity index (χ4n) is 3.62. The third-order valence-electron chi connectivity index (χ3n) is 5.23. The van der Waals surface area contributed by atoms with Gasteiger partial charge >= 0.3 is 0 Å². The van der Waals surface area contributed by atoms with Crippen LogP contribution in [0.2, 0.25) is 0 Å². The SMILES string of the molecule is COCCOc1cnc2c(NCc3coc4ccc(-c5cc(F)cc(F)c5)nc34)ccnc2c1. The highest BCUT2D eigenvalue weighted by Gasteiger charge is 2.12. The molecule has 0 amide bonds. The van der Waals surface area contributed by atoms with Gasteiger partial charge in [-0.05, 0) is 30.3 Å². The summed E-state index contributed by atoms with van der Waals surface area (Å²) in [5.74, 6) is -0.703. The van der Waals surface area contributed by atoms with Crippen LogP contribution in [0.15, 0.2) is 65.5 Å². The van der Waals surface area contributed by atoms with E-state index >= 15 is 0 Å². The van der Waals surface area contributed by atoms with Crippen molar-refractivity contribution in [2.75, 3.05) is 25.6 Å². The number of anilines is 1. The van der Waals surface area contributed by atoms with Gasteiger partial charge in [0.1, 0.15) is 35.0 Å². The fraction of sp³-hybridized carbons (Fsp3) is 0.160. The molecule has 4 heterocycles. The van der Waals surface area contributed by atoms with Gasteiger partial charge in [-0.2, -0.15) is 0 Å². The molecule has 0 unspecified atom stereocenters. The highest BCUT2D eigenvalue weighted by molar-refractivity contribution is 5.88. The minimum absolute atomic E-state index is 0.354. The molecule has 0 spiro atoms. The molecule has 1 aromatic carbocycles. The van der Waals surface area contributed by atoms with E-state index in [4.69, 9.17) is 13.9 Å². The average Bonchev–Trinajstić information content (AvgIpc) is 3.24. The second-order valence-corrected chi connectivity index (χ2v) is 7.55. The summed E-state index contributed by atoms with van der Waals surface area (Å²) in [5.41, 5.74) is 4.94. The maximum absolute atomic E-state index is 13.7. The van der Waals surface area contributed by atoms with Gasteiger partial charge in [0, 0.05) is 43.1 Å². The van der Waals surface area contributed by atoms with Crippen LogP contribution in [0.1, 0.15) is 5.56 Å². The minimum Gasteiger partial charge on any atom is -0.489 e. The number of benzene rings is 1. The van der Waals surface area contributed by atoms with Crippen LogP contribution >= 0.6 is 0 Å². The van der Waals surface area contributed by atoms with Crippen molar-refractivity contribution in [3.05, 3.63) is 78.3 Å². The van der Waals surface area contributed by atoms with Gasteiger partial charge in [0.05, 0.1) is 36.0 Å². The Labute approximate surface area is 193 Å². The minimum atomic E-state index is -0.657. The number of nitrogens with zero attached hydrogens (tertiary/aromatic N) is 3. The molecule has 0 saturated carbocycles. The number of nitrogens with one attached hydrogen (secondary N) is 1. The second kappa shape index (κ2) is 9.40. The zero-order valence-corrected chi connectivity index (χ0v) is 18.2. The molecule has 34 heavy (non-hydrogen) atoms. The van der Waals surface area contributed by atoms with Gasteiger partial charge in [-0.1, -0.05) is 0 Å². The lowest BCUT2D eigenvalue weighted by atomic mass is 10.1. The first-order chi connectivity index (χ1) is 16.6. The average molecular weight is 462 g/mol. The number of methoxy groups -OCH3 is 1. The molecule has 7 nitrogen and oxygen atoms in total. The molecule has 5 rings (SSSR count). The van der Waals surface area contributed by atoms with E-state index in [0.29, 0.717) is 58.9 Å². The number of hydrogen-bond acceptors (Lipinski definition) is 7. The van der Waals surface area contributed by atoms with Gasteiger partial charge < -0.3 is 19.2 Å². The molecule has 0 radical (unpaired) electrons. The van der Waals surface area contributed by atoms with E-state index in [9.17, 15) is 8.78 Å². The van der Waals surface area contributed by atoms with E-state index in [1.807, 2.05) is 12.1 Å². The molecule has 0 atom stereocenters. The zero-order chi connectivity index (χ0) is 23.5. The van der Waals surface area contributed by atoms with Crippen molar-refractivity contribution in [2.24, 2.45) is 0 Å². The van der Waals surface area contributed by atoms with Crippen molar-refractivity contribution in [1.29, 1.82) is 0 Å². The van der Waals surface area contributed by atoms with E-state index < -0.39 is 11.6 Å². The highest BCUT2D eigenvalue weighted by Crippen LogP contribution is 2.28. The predicted octanol–water partition coefficient (Wildman–Crippen LogP) is 5.35. The van der Waals surface area contributed by atoms with Crippen LogP contribution < -0.4 is 10.1 Å². The molecule has 0 saturated heterocycles. The van der Waals surface area contributed by atoms with Crippen LogP contribution in [0.5, 0.6) is 5.75 Å². The standard InChI is InChI=1S/C25H20F2N4O3/c1-32-6-7-33-19-11-22-25(30-13-19)21(4-5-28-22)29-12-16-14-34-23-3-2-20(31-24(16)23)15-8-17(26)10-18(27)9-15/h2-5,8-11,13-14H,6-7,12H2,1H3,(H,28,29). The summed E-state index contributed by atoms with van der Waals surface area (Å²) in [5, 5.41) is 3.35. The number of ether oxygens (including phenoxy) is 2.